The van der Waals surface area contributed by atoms with Crippen LogP contribution in [0.4, 0.5) is 0 Å². The number of hydrogen-bond donors (Lipinski definition) is 0. The van der Waals surface area contributed by atoms with Gasteiger partial charge in [0, 0.05) is 16.7 Å². The SMILES string of the molecule is CC(C)(C)c1ccc2c(c1)C1(c3ccccc3-c3ccc(-c4nc(-c5ccccc5)nc(-c5ccc6c(c5)C(c5ccccc5)(c5ccccc5)c5ccccc5-6)n4)cc31)c1cc(C(C)(C)C)ccc1-2. The number of nitrogens with zero attached hydrogens (tertiary/aromatic N) is 3. The van der Waals surface area contributed by atoms with Gasteiger partial charge in [-0.1, -0.05) is 242 Å². The molecule has 13 rings (SSSR count). The van der Waals surface area contributed by atoms with Crippen LogP contribution < -0.4 is 0 Å². The molecule has 1 heterocycles. The highest BCUT2D eigenvalue weighted by atomic mass is 15.0. The van der Waals surface area contributed by atoms with Crippen LogP contribution in [-0.4, -0.2) is 15.0 Å². The third-order valence-corrected chi connectivity index (χ3v) is 15.6. The van der Waals surface area contributed by atoms with Gasteiger partial charge in [0.1, 0.15) is 0 Å². The van der Waals surface area contributed by atoms with Crippen LogP contribution >= 0.6 is 0 Å². The molecule has 0 saturated carbocycles. The fraction of sp³-hybridized carbons (Fsp3) is 0.149. The van der Waals surface area contributed by atoms with E-state index in [1.54, 1.807) is 0 Å². The Morgan fingerprint density at radius 3 is 1.04 bits per heavy atom. The zero-order valence-corrected chi connectivity index (χ0v) is 40.5. The van der Waals surface area contributed by atoms with E-state index in [0.29, 0.717) is 17.5 Å². The summed E-state index contributed by atoms with van der Waals surface area (Å²) in [5, 5.41) is 0. The second-order valence-electron chi connectivity index (χ2n) is 21.5. The summed E-state index contributed by atoms with van der Waals surface area (Å²) in [7, 11) is 0. The Labute approximate surface area is 411 Å². The van der Waals surface area contributed by atoms with Gasteiger partial charge < -0.3 is 0 Å². The Morgan fingerprint density at radius 1 is 0.271 bits per heavy atom. The van der Waals surface area contributed by atoms with E-state index in [2.05, 4.69) is 248 Å². The molecule has 0 saturated heterocycles. The lowest BCUT2D eigenvalue weighted by atomic mass is 9.67. The number of benzene rings is 9. The van der Waals surface area contributed by atoms with Crippen LogP contribution in [0.25, 0.3) is 67.5 Å². The molecule has 0 fully saturated rings. The molecule has 10 aromatic rings. The summed E-state index contributed by atoms with van der Waals surface area (Å²) in [5.41, 5.74) is 22.1. The molecule has 336 valence electrons. The lowest BCUT2D eigenvalue weighted by Gasteiger charge is -2.34. The number of rotatable bonds is 5. The second kappa shape index (κ2) is 15.2. The first-order chi connectivity index (χ1) is 34.0. The highest BCUT2D eigenvalue weighted by molar-refractivity contribution is 5.96. The number of aromatic nitrogens is 3. The molecule has 3 nitrogen and oxygen atoms in total. The number of fused-ring (bicyclic) bond motifs is 13. The Kier molecular flexibility index (Phi) is 9.17. The summed E-state index contributed by atoms with van der Waals surface area (Å²) in [6.07, 6.45) is 0. The minimum atomic E-state index is -0.556. The summed E-state index contributed by atoms with van der Waals surface area (Å²) in [6.45, 7) is 13.9. The summed E-state index contributed by atoms with van der Waals surface area (Å²) in [6, 6.07) is 78.5. The molecule has 1 spiro atoms. The molecule has 0 amide bonds. The van der Waals surface area contributed by atoms with Gasteiger partial charge in [-0.2, -0.15) is 0 Å². The molecule has 0 atom stereocenters. The lowest BCUT2D eigenvalue weighted by Crippen LogP contribution is -2.28. The fourth-order valence-corrected chi connectivity index (χ4v) is 12.2. The Hall–Kier alpha value is -8.01. The average Bonchev–Trinajstić information content (AvgIpc) is 3.98. The third kappa shape index (κ3) is 6.03. The van der Waals surface area contributed by atoms with Crippen molar-refractivity contribution in [2.24, 2.45) is 0 Å². The zero-order chi connectivity index (χ0) is 47.6. The van der Waals surface area contributed by atoms with E-state index in [1.165, 1.54) is 89.0 Å². The minimum Gasteiger partial charge on any atom is -0.208 e. The van der Waals surface area contributed by atoms with Gasteiger partial charge in [-0.05, 0) is 112 Å². The lowest BCUT2D eigenvalue weighted by molar-refractivity contribution is 0.586. The van der Waals surface area contributed by atoms with Crippen LogP contribution in [0.5, 0.6) is 0 Å². The van der Waals surface area contributed by atoms with E-state index in [1.807, 2.05) is 6.07 Å². The highest BCUT2D eigenvalue weighted by Crippen LogP contribution is 2.64. The largest absolute Gasteiger partial charge is 0.208 e. The van der Waals surface area contributed by atoms with Crippen molar-refractivity contribution in [1.82, 2.24) is 15.0 Å². The van der Waals surface area contributed by atoms with Crippen molar-refractivity contribution in [1.29, 1.82) is 0 Å². The molecule has 0 radical (unpaired) electrons. The van der Waals surface area contributed by atoms with Crippen LogP contribution in [0.15, 0.2) is 212 Å². The van der Waals surface area contributed by atoms with E-state index >= 15 is 0 Å². The first kappa shape index (κ1) is 42.1. The van der Waals surface area contributed by atoms with E-state index in [0.717, 1.165) is 16.7 Å². The van der Waals surface area contributed by atoms with Crippen LogP contribution in [0, 0.1) is 0 Å². The zero-order valence-electron chi connectivity index (χ0n) is 40.5. The first-order valence-electron chi connectivity index (χ1n) is 24.7. The van der Waals surface area contributed by atoms with Crippen molar-refractivity contribution >= 4 is 0 Å². The Morgan fingerprint density at radius 2 is 0.600 bits per heavy atom. The van der Waals surface area contributed by atoms with Gasteiger partial charge in [0.25, 0.3) is 0 Å². The van der Waals surface area contributed by atoms with Gasteiger partial charge in [-0.25, -0.2) is 15.0 Å². The van der Waals surface area contributed by atoms with Crippen molar-refractivity contribution in [3.63, 3.8) is 0 Å². The Bertz CT molecular complexity index is 3620. The van der Waals surface area contributed by atoms with Gasteiger partial charge in [-0.15, -0.1) is 0 Å². The Balaban J connectivity index is 1.06. The highest BCUT2D eigenvalue weighted by Gasteiger charge is 2.53. The van der Waals surface area contributed by atoms with Gasteiger partial charge >= 0.3 is 0 Å². The van der Waals surface area contributed by atoms with Crippen molar-refractivity contribution < 1.29 is 0 Å². The molecule has 3 heteroatoms. The van der Waals surface area contributed by atoms with Gasteiger partial charge in [0.05, 0.1) is 10.8 Å². The average molecular weight is 900 g/mol. The molecule has 0 unspecified atom stereocenters. The van der Waals surface area contributed by atoms with E-state index in [9.17, 15) is 0 Å². The predicted octanol–water partition coefficient (Wildman–Crippen LogP) is 16.2. The third-order valence-electron chi connectivity index (χ3n) is 15.6. The minimum absolute atomic E-state index is 0.0400. The molecule has 0 aliphatic heterocycles. The monoisotopic (exact) mass is 899 g/mol. The molecule has 9 aromatic carbocycles. The molecule has 1 aromatic heterocycles. The van der Waals surface area contributed by atoms with Crippen LogP contribution in [0.2, 0.25) is 0 Å². The fourth-order valence-electron chi connectivity index (χ4n) is 12.2. The van der Waals surface area contributed by atoms with E-state index in [-0.39, 0.29) is 10.8 Å². The summed E-state index contributed by atoms with van der Waals surface area (Å²) in [5.74, 6) is 1.92. The van der Waals surface area contributed by atoms with Gasteiger partial charge in [-0.3, -0.25) is 0 Å². The second-order valence-corrected chi connectivity index (χ2v) is 21.5. The molecular formula is C67H53N3. The molecule has 0 bridgehead atoms. The molecule has 70 heavy (non-hydrogen) atoms. The first-order valence-corrected chi connectivity index (χ1v) is 24.7. The maximum absolute atomic E-state index is 5.52. The van der Waals surface area contributed by atoms with Crippen molar-refractivity contribution in [2.75, 3.05) is 0 Å². The maximum Gasteiger partial charge on any atom is 0.164 e. The smallest absolute Gasteiger partial charge is 0.164 e. The van der Waals surface area contributed by atoms with Gasteiger partial charge in [0.15, 0.2) is 17.5 Å². The maximum atomic E-state index is 5.52. The van der Waals surface area contributed by atoms with Crippen molar-refractivity contribution in [3.8, 4) is 67.5 Å². The van der Waals surface area contributed by atoms with Gasteiger partial charge in [0.2, 0.25) is 0 Å². The summed E-state index contributed by atoms with van der Waals surface area (Å²) in [4.78, 5) is 16.2. The normalized spacial score (nSPS) is 14.4. The van der Waals surface area contributed by atoms with Crippen LogP contribution in [-0.2, 0) is 21.7 Å². The van der Waals surface area contributed by atoms with Crippen LogP contribution in [0.1, 0.15) is 97.2 Å². The van der Waals surface area contributed by atoms with E-state index < -0.39 is 10.8 Å². The summed E-state index contributed by atoms with van der Waals surface area (Å²) >= 11 is 0. The quantitative estimate of drug-likeness (QED) is 0.173. The molecule has 3 aliphatic carbocycles. The van der Waals surface area contributed by atoms with Crippen molar-refractivity contribution in [3.05, 3.63) is 268 Å². The standard InChI is InChI=1S/C67H53N3/c1-64(2,3)47-32-36-53-54-37-33-48(65(4,5)6)41-60(54)67(59(53)40-47)56-29-19-17-27-50(56)52-35-31-44(39-58(52)67)63-69-61(42-20-10-7-11-21-42)68-62(70-63)43-30-34-51-49-26-16-18-28-55(49)66(57(51)38-43,45-22-12-8-13-23-45)46-24-14-9-15-25-46/h7-41H,1-6H3. The molecule has 3 aliphatic rings. The summed E-state index contributed by atoms with van der Waals surface area (Å²) < 4.78 is 0. The van der Waals surface area contributed by atoms with Crippen LogP contribution in [0.3, 0.4) is 0 Å². The number of hydrogen-bond acceptors (Lipinski definition) is 3. The molecule has 0 N–H and O–H groups in total. The van der Waals surface area contributed by atoms with Crippen molar-refractivity contribution in [2.45, 2.75) is 63.2 Å². The topological polar surface area (TPSA) is 38.7 Å². The van der Waals surface area contributed by atoms with E-state index in [4.69, 9.17) is 15.0 Å². The predicted molar refractivity (Wildman–Crippen MR) is 287 cm³/mol. The molecular weight excluding hydrogens is 847 g/mol.